The summed E-state index contributed by atoms with van der Waals surface area (Å²) in [5, 5.41) is 41.8. The van der Waals surface area contributed by atoms with Crippen molar-refractivity contribution in [1.29, 1.82) is 0 Å². The van der Waals surface area contributed by atoms with Crippen molar-refractivity contribution in [3.05, 3.63) is 186 Å². The van der Waals surface area contributed by atoms with Gasteiger partial charge in [0.2, 0.25) is 0 Å². The van der Waals surface area contributed by atoms with Crippen LogP contribution in [0.4, 0.5) is 46.5 Å². The molecular weight excluding hydrogens is 2070 g/mol. The summed E-state index contributed by atoms with van der Waals surface area (Å²) in [6.45, 7) is 49.8. The number of nitrogens with one attached hydrogen (secondary N) is 8. The van der Waals surface area contributed by atoms with Crippen LogP contribution in [0.5, 0.6) is 0 Å². The van der Waals surface area contributed by atoms with E-state index < -0.39 is 75.9 Å². The number of aliphatic hydroxyl groups excluding tert-OH is 3. The van der Waals surface area contributed by atoms with Gasteiger partial charge in [-0.05, 0) is 279 Å². The number of carbonyl (C=O) groups excluding carboxylic acids is 5. The Kier molecular flexibility index (Phi) is 38.8. The number of nitrogens with zero attached hydrogens (tertiary/aromatic N) is 12. The molecule has 4 fully saturated rings. The van der Waals surface area contributed by atoms with Crippen LogP contribution in [-0.4, -0.2) is 233 Å². The van der Waals surface area contributed by atoms with Gasteiger partial charge in [0.25, 0.3) is 63.7 Å². The van der Waals surface area contributed by atoms with Crippen LogP contribution in [0.3, 0.4) is 0 Å². The van der Waals surface area contributed by atoms with E-state index in [1.54, 1.807) is 97.9 Å². The van der Waals surface area contributed by atoms with Crippen LogP contribution in [0.1, 0.15) is 312 Å². The van der Waals surface area contributed by atoms with E-state index in [-0.39, 0.29) is 183 Å². The average Bonchev–Trinajstić information content (AvgIpc) is 1.48. The van der Waals surface area contributed by atoms with Crippen LogP contribution in [0.2, 0.25) is 0 Å². The van der Waals surface area contributed by atoms with Crippen molar-refractivity contribution >= 4 is 140 Å². The van der Waals surface area contributed by atoms with Crippen LogP contribution in [0, 0.1) is 31.1 Å². The molecule has 4 saturated heterocycles. The Morgan fingerprint density at radius 1 is 0.373 bits per heavy atom. The molecule has 16 rings (SSSR count). The molecule has 0 aliphatic carbocycles. The molecule has 0 radical (unpaired) electrons. The molecule has 6 unspecified atom stereocenters. The Morgan fingerprint density at radius 3 is 0.833 bits per heavy atom. The molecule has 8 aromatic rings. The third-order valence-corrected chi connectivity index (χ3v) is 33.6. The number of carbonyl (C=O) groups is 5. The molecule has 8 aliphatic heterocycles. The van der Waals surface area contributed by atoms with Gasteiger partial charge in [0.1, 0.15) is 52.8 Å². The van der Waals surface area contributed by atoms with E-state index in [4.69, 9.17) is 19.9 Å². The number of sulfonamides is 4. The number of amides is 4. The van der Waals surface area contributed by atoms with Gasteiger partial charge in [0, 0.05) is 123 Å². The third kappa shape index (κ3) is 29.9. The summed E-state index contributed by atoms with van der Waals surface area (Å²) in [6.07, 6.45) is 13.4. The van der Waals surface area contributed by atoms with Gasteiger partial charge in [-0.1, -0.05) is 113 Å². The maximum atomic E-state index is 13.5. The van der Waals surface area contributed by atoms with E-state index in [9.17, 15) is 73.0 Å². The number of aromatic nitrogens is 8. The van der Waals surface area contributed by atoms with E-state index in [0.29, 0.717) is 96.8 Å². The largest absolute Gasteiger partial charge is 2.00 e. The van der Waals surface area contributed by atoms with Crippen LogP contribution < -0.4 is 76.7 Å². The SMILES string of the molecule is C=CCC1CC[C@@H]2CN(c3nc(C(C)(C)C)ccc3C(=O)NS(=O)(=O)c3cccc(n3)N1)C(C)(C)C2.CC(C)(C)c1ccc2c(n1)N1C[C@@H](CCC(CC(O)CO)Nc3cccc(n3)S(=O)(=O)NC2=O)CC1(C)C.CC(C)(C)c1ccc2c(n1)N1C[C@@H](CCC(CC=O)Nc3cccc(n3)S(=O)(=O)NC2=O)CC1(C)C.CC(O)CC1CC[C@@H]2CN(c3nc(C(C)(C)C)ccc3C(=O)NS(=O)(=O)c3cccc(n3)N1)C(C)(C)C2.[Br-].[CH3-].[Mg+2]. The number of pyridine rings is 8. The van der Waals surface area contributed by atoms with E-state index in [1.165, 1.54) is 24.3 Å². The Hall–Kier alpha value is -10.2. The minimum atomic E-state index is -4.28. The number of hydrogen-bond acceptors (Lipinski definition) is 32. The van der Waals surface area contributed by atoms with Gasteiger partial charge < -0.3 is 85.4 Å². The van der Waals surface area contributed by atoms with E-state index in [0.717, 1.165) is 113 Å². The smallest absolute Gasteiger partial charge is 1.00 e. The van der Waals surface area contributed by atoms with Gasteiger partial charge in [-0.15, -0.1) is 6.58 Å². The van der Waals surface area contributed by atoms with E-state index >= 15 is 0 Å². The zero-order chi connectivity index (χ0) is 108. The maximum Gasteiger partial charge on any atom is 2.00 e. The van der Waals surface area contributed by atoms with Crippen molar-refractivity contribution in [3.8, 4) is 0 Å². The molecule has 0 saturated carbocycles. The number of aliphatic hydroxyl groups is 3. The second-order valence-electron chi connectivity index (χ2n) is 47.2. The minimum Gasteiger partial charge on any atom is -1.00 e. The monoisotopic (exact) mass is 2220 g/mol. The minimum absolute atomic E-state index is 0. The molecule has 0 aromatic carbocycles. The van der Waals surface area contributed by atoms with Crippen LogP contribution in [0.25, 0.3) is 0 Å². The summed E-state index contributed by atoms with van der Waals surface area (Å²) in [4.78, 5) is 110. The number of aldehydes is 1. The predicted molar refractivity (Wildman–Crippen MR) is 584 cm³/mol. The van der Waals surface area contributed by atoms with Gasteiger partial charge in [0.15, 0.2) is 20.1 Å². The molecular formula is C108H153BrMgN20O16S4. The molecule has 0 spiro atoms. The molecule has 36 nitrogen and oxygen atoms in total. The molecule has 814 valence electrons. The maximum absolute atomic E-state index is 13.5. The van der Waals surface area contributed by atoms with Crippen molar-refractivity contribution in [2.24, 2.45) is 23.7 Å². The number of fused-ring (bicyclic) bond motifs is 24. The van der Waals surface area contributed by atoms with Crippen molar-refractivity contribution in [3.63, 3.8) is 0 Å². The summed E-state index contributed by atoms with van der Waals surface area (Å²) < 4.78 is 114. The van der Waals surface area contributed by atoms with E-state index in [2.05, 4.69) is 204 Å². The standard InChI is InChI=1S/C27H39N5O5S.C27H39N5O4S.C27H37N5O3S.C26H35N5O4S.CH3.BrH.Mg/c1-26(2,3)21-12-11-20-24(29-21)32-15-17(14-27(32,4)5)9-10-18(13-19(34)16-33)28-22-7-6-8-23(30-22)38(36,37)31-25(20)35;1-17(33)14-19-11-10-18-15-27(5,6)32(16-18)24-20(12-13-21(29-24)26(2,3)4)25(34)31-37(35,36)23-9-7-8-22(28-19)30-23;1-7-9-19-13-12-18-16-27(5,6)32(17-18)24-20(14-15-21(29-24)26(2,3)4)25(33)31-36(34,35)23-11-8-10-22(28-19)30-23;1-25(2,3)20-12-11-19-23(28-20)31-16-17(15-26(31,4)5)9-10-18(13-14-32)27-21-7-6-8-22(29-21)36(34,35)30-24(19)33;;;/h6-8,11-12,17-19,33-34H,9-10,13-16H2,1-5H3,(H,28,30)(H,31,35);7-9,12-13,17-19,33H,10-11,14-16H2,1-6H3,(H,28,30)(H,31,34);7-8,10-11,14-15,18-19H,1,9,12-13,16-17H2,2-6H3,(H,28,30)(H,31,33);6-8,11-12,14,17-18H,9-10,13,15-16H2,1-5H3,(H,27,29)(H,30,33);1H3;1H;/q;;;;-1;;+2/p-1/t17-,18?,19?;17?,18-,19?;18-,19?;17-,18?;;;/m0000.../s1. The van der Waals surface area contributed by atoms with Gasteiger partial charge >= 0.3 is 23.1 Å². The fourth-order valence-electron chi connectivity index (χ4n) is 21.0. The third-order valence-electron chi connectivity index (χ3n) is 28.6. The fraction of sp³-hybridized carbons (Fsp3) is 0.556. The average molecular weight is 2220 g/mol. The second-order valence-corrected chi connectivity index (χ2v) is 53.7. The summed E-state index contributed by atoms with van der Waals surface area (Å²) in [6, 6.07) is 31.9. The first-order valence-corrected chi connectivity index (χ1v) is 56.8. The molecule has 150 heavy (non-hydrogen) atoms. The number of hydrogen-bond donors (Lipinski definition) is 11. The Morgan fingerprint density at radius 2 is 0.607 bits per heavy atom. The first-order chi connectivity index (χ1) is 68.4. The summed E-state index contributed by atoms with van der Waals surface area (Å²) >= 11 is 0. The van der Waals surface area contributed by atoms with Crippen LogP contribution in [0.15, 0.2) is 154 Å². The molecule has 4 amide bonds. The zero-order valence-corrected chi connectivity index (χ0v) is 97.0. The summed E-state index contributed by atoms with van der Waals surface area (Å²) in [5.74, 6) is 1.90. The molecule has 42 heteroatoms. The number of rotatable bonds is 9. The van der Waals surface area contributed by atoms with Gasteiger partial charge in [-0.3, -0.25) is 19.2 Å². The molecule has 8 aliphatic rings. The normalized spacial score (nSPS) is 23.3. The van der Waals surface area contributed by atoms with Crippen LogP contribution in [-0.2, 0) is 66.5 Å². The molecule has 11 N–H and O–H groups in total. The first-order valence-electron chi connectivity index (χ1n) is 50.9. The predicted octanol–water partition coefficient (Wildman–Crippen LogP) is 12.0. The topological polar surface area (TPSA) is 495 Å². The van der Waals surface area contributed by atoms with Crippen molar-refractivity contribution in [2.45, 2.75) is 348 Å². The number of halogens is 1. The van der Waals surface area contributed by atoms with Gasteiger partial charge in [-0.2, -0.15) is 33.7 Å². The van der Waals surface area contributed by atoms with Gasteiger partial charge in [0.05, 0.1) is 41.1 Å². The van der Waals surface area contributed by atoms with Crippen molar-refractivity contribution < 1.29 is 89.9 Å². The summed E-state index contributed by atoms with van der Waals surface area (Å²) in [5.41, 5.74) is 2.04. The number of anilines is 8. The van der Waals surface area contributed by atoms with Crippen molar-refractivity contribution in [2.75, 3.05) is 73.7 Å². The first kappa shape index (κ1) is 122. The fourth-order valence-corrected chi connectivity index (χ4v) is 24.8. The summed E-state index contributed by atoms with van der Waals surface area (Å²) in [7, 11) is -17.0. The van der Waals surface area contributed by atoms with Crippen LogP contribution >= 0.6 is 0 Å². The Bertz CT molecular complexity index is 6500. The van der Waals surface area contributed by atoms with Gasteiger partial charge in [-0.25, -0.2) is 58.8 Å². The molecule has 16 bridgehead atoms. The Labute approximate surface area is 913 Å². The van der Waals surface area contributed by atoms with E-state index in [1.807, 2.05) is 32.9 Å². The Balaban J connectivity index is 0.000000203. The molecule has 8 aromatic heterocycles. The van der Waals surface area contributed by atoms with Crippen molar-refractivity contribution in [1.82, 2.24) is 58.8 Å². The quantitative estimate of drug-likeness (QED) is 0.0277. The second kappa shape index (κ2) is 47.8. The zero-order valence-electron chi connectivity index (χ0n) is 90.8. The molecule has 10 atom stereocenters. The molecule has 16 heterocycles.